The summed E-state index contributed by atoms with van der Waals surface area (Å²) in [6, 6.07) is 8.17. The van der Waals surface area contributed by atoms with Crippen LogP contribution in [0.4, 0.5) is 0 Å². The molecule has 0 amide bonds. The van der Waals surface area contributed by atoms with Gasteiger partial charge in [0.05, 0.1) is 12.7 Å². The van der Waals surface area contributed by atoms with E-state index in [1.807, 2.05) is 12.1 Å². The second-order valence-electron chi connectivity index (χ2n) is 6.63. The molecule has 1 fully saturated rings. The fraction of sp³-hybridized carbons (Fsp3) is 0.647. The monoisotopic (exact) mass is 292 g/mol. The van der Waals surface area contributed by atoms with Crippen molar-refractivity contribution in [1.29, 1.82) is 0 Å². The number of nitrogens with zero attached hydrogens (tertiary/aromatic N) is 1. The zero-order valence-electron chi connectivity index (χ0n) is 13.7. The molecule has 0 bridgehead atoms. The van der Waals surface area contributed by atoms with Gasteiger partial charge in [-0.1, -0.05) is 18.2 Å². The van der Waals surface area contributed by atoms with Crippen LogP contribution in [0.1, 0.15) is 32.3 Å². The Balaban J connectivity index is 2.18. The van der Waals surface area contributed by atoms with Gasteiger partial charge >= 0.3 is 0 Å². The predicted octanol–water partition coefficient (Wildman–Crippen LogP) is 2.41. The second-order valence-corrected chi connectivity index (χ2v) is 6.63. The van der Waals surface area contributed by atoms with E-state index < -0.39 is 0 Å². The quantitative estimate of drug-likeness (QED) is 0.905. The molecule has 0 saturated carbocycles. The van der Waals surface area contributed by atoms with E-state index in [0.29, 0.717) is 6.54 Å². The Hall–Kier alpha value is -1.10. The van der Waals surface area contributed by atoms with Crippen LogP contribution in [-0.2, 0) is 11.3 Å². The number of nitrogens with two attached hydrogens (primary N) is 1. The van der Waals surface area contributed by atoms with E-state index in [1.54, 1.807) is 7.11 Å². The molecule has 0 aromatic heterocycles. The van der Waals surface area contributed by atoms with Crippen molar-refractivity contribution >= 4 is 0 Å². The minimum absolute atomic E-state index is 0.0113. The van der Waals surface area contributed by atoms with E-state index in [1.165, 1.54) is 5.56 Å². The largest absolute Gasteiger partial charge is 0.496 e. The molecule has 0 spiro atoms. The van der Waals surface area contributed by atoms with Crippen LogP contribution < -0.4 is 10.5 Å². The van der Waals surface area contributed by atoms with Gasteiger partial charge in [-0.25, -0.2) is 0 Å². The lowest BCUT2D eigenvalue weighted by Gasteiger charge is -2.49. The highest BCUT2D eigenvalue weighted by molar-refractivity contribution is 5.33. The average molecular weight is 292 g/mol. The Labute approximate surface area is 128 Å². The number of ether oxygens (including phenoxy) is 2. The zero-order chi connectivity index (χ0) is 15.5. The summed E-state index contributed by atoms with van der Waals surface area (Å²) >= 11 is 0. The fourth-order valence-electron chi connectivity index (χ4n) is 3.36. The molecule has 1 atom stereocenters. The van der Waals surface area contributed by atoms with Gasteiger partial charge in [0.25, 0.3) is 0 Å². The van der Waals surface area contributed by atoms with E-state index in [0.717, 1.165) is 31.7 Å². The van der Waals surface area contributed by atoms with E-state index in [-0.39, 0.29) is 11.1 Å². The summed E-state index contributed by atoms with van der Waals surface area (Å²) in [4.78, 5) is 2.37. The molecule has 1 saturated heterocycles. The third-order valence-corrected chi connectivity index (χ3v) is 4.60. The van der Waals surface area contributed by atoms with Crippen molar-refractivity contribution in [1.82, 2.24) is 4.90 Å². The SMILES string of the molecule is COc1ccccc1CN(C)C1(CN)CCOC(C)(C)C1. The lowest BCUT2D eigenvalue weighted by molar-refractivity contribution is -0.115. The minimum Gasteiger partial charge on any atom is -0.496 e. The van der Waals surface area contributed by atoms with Gasteiger partial charge < -0.3 is 15.2 Å². The van der Waals surface area contributed by atoms with Gasteiger partial charge in [-0.3, -0.25) is 4.90 Å². The summed E-state index contributed by atoms with van der Waals surface area (Å²) in [5, 5.41) is 0. The van der Waals surface area contributed by atoms with Gasteiger partial charge in [0, 0.05) is 30.8 Å². The third kappa shape index (κ3) is 3.57. The molecule has 0 aliphatic carbocycles. The van der Waals surface area contributed by atoms with Gasteiger partial charge in [0.1, 0.15) is 5.75 Å². The van der Waals surface area contributed by atoms with Crippen molar-refractivity contribution in [2.24, 2.45) is 5.73 Å². The summed E-state index contributed by atoms with van der Waals surface area (Å²) in [5.74, 6) is 0.933. The number of hydrogen-bond acceptors (Lipinski definition) is 4. The first-order valence-electron chi connectivity index (χ1n) is 7.60. The highest BCUT2D eigenvalue weighted by Crippen LogP contribution is 2.36. The van der Waals surface area contributed by atoms with Gasteiger partial charge in [-0.15, -0.1) is 0 Å². The Morgan fingerprint density at radius 2 is 2.05 bits per heavy atom. The van der Waals surface area contributed by atoms with Crippen molar-refractivity contribution in [3.8, 4) is 5.75 Å². The van der Waals surface area contributed by atoms with E-state index in [4.69, 9.17) is 15.2 Å². The molecule has 0 radical (unpaired) electrons. The molecular weight excluding hydrogens is 264 g/mol. The molecule has 4 nitrogen and oxygen atoms in total. The number of likely N-dealkylation sites (N-methyl/N-ethyl adjacent to an activating group) is 1. The van der Waals surface area contributed by atoms with Crippen molar-refractivity contribution < 1.29 is 9.47 Å². The maximum atomic E-state index is 6.16. The van der Waals surface area contributed by atoms with Crippen LogP contribution in [0.2, 0.25) is 0 Å². The van der Waals surface area contributed by atoms with Crippen LogP contribution in [0.15, 0.2) is 24.3 Å². The second kappa shape index (κ2) is 6.34. The number of hydrogen-bond donors (Lipinski definition) is 1. The Morgan fingerprint density at radius 1 is 1.33 bits per heavy atom. The Morgan fingerprint density at radius 3 is 2.67 bits per heavy atom. The number of rotatable bonds is 5. The summed E-state index contributed by atoms with van der Waals surface area (Å²) in [5.41, 5.74) is 7.22. The number of para-hydroxylation sites is 1. The normalized spacial score (nSPS) is 25.0. The summed E-state index contributed by atoms with van der Waals surface area (Å²) in [6.45, 7) is 6.53. The first-order valence-corrected chi connectivity index (χ1v) is 7.60. The number of methoxy groups -OCH3 is 1. The molecule has 21 heavy (non-hydrogen) atoms. The fourth-order valence-corrected chi connectivity index (χ4v) is 3.36. The van der Waals surface area contributed by atoms with Crippen molar-refractivity contribution in [2.75, 3.05) is 27.3 Å². The van der Waals surface area contributed by atoms with Crippen molar-refractivity contribution in [2.45, 2.75) is 44.4 Å². The van der Waals surface area contributed by atoms with Crippen molar-refractivity contribution in [3.05, 3.63) is 29.8 Å². The molecule has 2 N–H and O–H groups in total. The first-order chi connectivity index (χ1) is 9.92. The Kier molecular flexibility index (Phi) is 4.91. The lowest BCUT2D eigenvalue weighted by Crippen LogP contribution is -2.59. The van der Waals surface area contributed by atoms with E-state index in [2.05, 4.69) is 37.9 Å². The van der Waals surface area contributed by atoms with Crippen LogP contribution in [0.5, 0.6) is 5.75 Å². The molecular formula is C17H28N2O2. The maximum Gasteiger partial charge on any atom is 0.123 e. The average Bonchev–Trinajstić information content (AvgIpc) is 2.46. The highest BCUT2D eigenvalue weighted by atomic mass is 16.5. The minimum atomic E-state index is -0.118. The van der Waals surface area contributed by atoms with Crippen molar-refractivity contribution in [3.63, 3.8) is 0 Å². The Bertz CT molecular complexity index is 476. The van der Waals surface area contributed by atoms with E-state index >= 15 is 0 Å². The molecule has 1 aromatic rings. The van der Waals surface area contributed by atoms with Gasteiger partial charge in [-0.2, -0.15) is 0 Å². The maximum absolute atomic E-state index is 6.16. The van der Waals surface area contributed by atoms with Crippen LogP contribution >= 0.6 is 0 Å². The molecule has 1 aliphatic rings. The van der Waals surface area contributed by atoms with Gasteiger partial charge in [0.2, 0.25) is 0 Å². The number of benzene rings is 1. The van der Waals surface area contributed by atoms with Crippen LogP contribution in [0.25, 0.3) is 0 Å². The predicted molar refractivity (Wildman–Crippen MR) is 85.5 cm³/mol. The zero-order valence-corrected chi connectivity index (χ0v) is 13.7. The molecule has 1 unspecified atom stereocenters. The molecule has 1 aliphatic heterocycles. The van der Waals surface area contributed by atoms with E-state index in [9.17, 15) is 0 Å². The molecule has 2 rings (SSSR count). The summed E-state index contributed by atoms with van der Waals surface area (Å²) in [7, 11) is 3.87. The standard InChI is InChI=1S/C17H28N2O2/c1-16(2)12-17(13-18,9-10-21-16)19(3)11-14-7-5-6-8-15(14)20-4/h5-8H,9-13,18H2,1-4H3. The van der Waals surface area contributed by atoms with Crippen LogP contribution in [-0.4, -0.2) is 43.3 Å². The first kappa shape index (κ1) is 16.3. The van der Waals surface area contributed by atoms with Crippen LogP contribution in [0, 0.1) is 0 Å². The molecule has 118 valence electrons. The lowest BCUT2D eigenvalue weighted by atomic mass is 9.80. The highest BCUT2D eigenvalue weighted by Gasteiger charge is 2.42. The third-order valence-electron chi connectivity index (χ3n) is 4.60. The topological polar surface area (TPSA) is 47.7 Å². The molecule has 1 heterocycles. The smallest absolute Gasteiger partial charge is 0.123 e. The molecule has 4 heteroatoms. The van der Waals surface area contributed by atoms with Gasteiger partial charge in [-0.05, 0) is 39.8 Å². The summed E-state index contributed by atoms with van der Waals surface area (Å²) < 4.78 is 11.3. The summed E-state index contributed by atoms with van der Waals surface area (Å²) in [6.07, 6.45) is 1.92. The van der Waals surface area contributed by atoms with Gasteiger partial charge in [0.15, 0.2) is 0 Å². The van der Waals surface area contributed by atoms with Crippen LogP contribution in [0.3, 0.4) is 0 Å². The molecule has 1 aromatic carbocycles.